The van der Waals surface area contributed by atoms with Gasteiger partial charge >= 0.3 is 0 Å². The van der Waals surface area contributed by atoms with Gasteiger partial charge in [0.1, 0.15) is 0 Å². The van der Waals surface area contributed by atoms with Gasteiger partial charge in [-0.25, -0.2) is 0 Å². The zero-order valence-electron chi connectivity index (χ0n) is 14.2. The van der Waals surface area contributed by atoms with E-state index in [-0.39, 0.29) is 29.9 Å². The Morgan fingerprint density at radius 2 is 2.00 bits per heavy atom. The zero-order valence-corrected chi connectivity index (χ0v) is 14.2. The summed E-state index contributed by atoms with van der Waals surface area (Å²) in [6.07, 6.45) is 7.73. The second-order valence-electron chi connectivity index (χ2n) is 6.33. The number of hydrogen-bond donors (Lipinski definition) is 2. The summed E-state index contributed by atoms with van der Waals surface area (Å²) in [5.74, 6) is 0.931. The predicted octanol–water partition coefficient (Wildman–Crippen LogP) is 2.76. The van der Waals surface area contributed by atoms with Crippen molar-refractivity contribution in [2.75, 3.05) is 7.11 Å². The van der Waals surface area contributed by atoms with Crippen molar-refractivity contribution < 1.29 is 19.4 Å². The summed E-state index contributed by atoms with van der Waals surface area (Å²) in [4.78, 5) is 23.2. The lowest BCUT2D eigenvalue weighted by Gasteiger charge is -2.27. The highest BCUT2D eigenvalue weighted by Crippen LogP contribution is 2.27. The van der Waals surface area contributed by atoms with E-state index in [0.29, 0.717) is 11.7 Å². The third-order valence-electron chi connectivity index (χ3n) is 4.35. The number of carbonyl (C=O) groups excluding carboxylic acids is 2. The van der Waals surface area contributed by atoms with Crippen LogP contribution in [0.2, 0.25) is 0 Å². The van der Waals surface area contributed by atoms with Crippen LogP contribution in [0.25, 0.3) is 0 Å². The predicted molar refractivity (Wildman–Crippen MR) is 92.1 cm³/mol. The maximum absolute atomic E-state index is 12.2. The molecule has 24 heavy (non-hydrogen) atoms. The Morgan fingerprint density at radius 3 is 2.62 bits per heavy atom. The molecule has 0 atom stereocenters. The van der Waals surface area contributed by atoms with E-state index in [4.69, 9.17) is 4.74 Å². The maximum atomic E-state index is 12.2. The average Bonchev–Trinajstić information content (AvgIpc) is 2.56. The van der Waals surface area contributed by atoms with Crippen LogP contribution in [0.4, 0.5) is 0 Å². The van der Waals surface area contributed by atoms with Gasteiger partial charge in [-0.05, 0) is 62.3 Å². The number of benzene rings is 1. The number of methoxy groups -OCH3 is 1. The first-order valence-electron chi connectivity index (χ1n) is 8.32. The Morgan fingerprint density at radius 1 is 1.29 bits per heavy atom. The molecule has 1 aliphatic carbocycles. The second kappa shape index (κ2) is 8.52. The maximum Gasteiger partial charge on any atom is 0.224 e. The van der Waals surface area contributed by atoms with Crippen molar-refractivity contribution in [3.8, 4) is 11.5 Å². The standard InChI is InChI=1S/C19H25NO4/c1-13(21)3-4-14-5-8-16(9-6-14)20-19(23)12-15-7-10-17(22)18(11-15)24-2/h3-4,7,10-11,14,16,22H,5-6,8-9,12H2,1-2H3,(H,20,23)/b4-3+/t14-,16-. The van der Waals surface area contributed by atoms with Crippen molar-refractivity contribution in [2.45, 2.75) is 45.1 Å². The molecular weight excluding hydrogens is 306 g/mol. The number of phenols is 1. The molecule has 1 amide bonds. The topological polar surface area (TPSA) is 75.6 Å². The molecule has 0 heterocycles. The Kier molecular flexibility index (Phi) is 6.41. The molecule has 5 nitrogen and oxygen atoms in total. The molecule has 0 unspecified atom stereocenters. The van der Waals surface area contributed by atoms with Crippen molar-refractivity contribution in [1.82, 2.24) is 5.32 Å². The summed E-state index contributed by atoms with van der Waals surface area (Å²) >= 11 is 0. The van der Waals surface area contributed by atoms with Gasteiger partial charge in [0.25, 0.3) is 0 Å². The Balaban J connectivity index is 1.80. The minimum Gasteiger partial charge on any atom is -0.504 e. The highest BCUT2D eigenvalue weighted by molar-refractivity contribution is 5.87. The molecule has 2 N–H and O–H groups in total. The molecular formula is C19H25NO4. The fraction of sp³-hybridized carbons (Fsp3) is 0.474. The summed E-state index contributed by atoms with van der Waals surface area (Å²) in [6, 6.07) is 5.13. The molecule has 2 rings (SSSR count). The van der Waals surface area contributed by atoms with Crippen LogP contribution in [-0.4, -0.2) is 29.9 Å². The van der Waals surface area contributed by atoms with Gasteiger partial charge in [-0.15, -0.1) is 0 Å². The number of ether oxygens (including phenoxy) is 1. The molecule has 0 radical (unpaired) electrons. The highest BCUT2D eigenvalue weighted by Gasteiger charge is 2.21. The van der Waals surface area contributed by atoms with E-state index in [0.717, 1.165) is 31.2 Å². The van der Waals surface area contributed by atoms with E-state index < -0.39 is 0 Å². The van der Waals surface area contributed by atoms with Gasteiger partial charge in [0.05, 0.1) is 13.5 Å². The SMILES string of the molecule is COc1cc(CC(=O)N[C@H]2CC[C@H](/C=C/C(C)=O)CC2)ccc1O. The molecule has 0 aliphatic heterocycles. The summed E-state index contributed by atoms with van der Waals surface area (Å²) in [6.45, 7) is 1.56. The number of carbonyl (C=O) groups is 2. The normalized spacial score (nSPS) is 20.8. The van der Waals surface area contributed by atoms with E-state index in [2.05, 4.69) is 5.32 Å². The average molecular weight is 331 g/mol. The fourth-order valence-electron chi connectivity index (χ4n) is 3.02. The Hall–Kier alpha value is -2.30. The van der Waals surface area contributed by atoms with Gasteiger partial charge in [0, 0.05) is 6.04 Å². The summed E-state index contributed by atoms with van der Waals surface area (Å²) in [5, 5.41) is 12.7. The first-order chi connectivity index (χ1) is 11.5. The quantitative estimate of drug-likeness (QED) is 0.786. The van der Waals surface area contributed by atoms with Crippen LogP contribution in [0, 0.1) is 5.92 Å². The first-order valence-corrected chi connectivity index (χ1v) is 8.32. The van der Waals surface area contributed by atoms with Crippen LogP contribution in [0.15, 0.2) is 30.4 Å². The third-order valence-corrected chi connectivity index (χ3v) is 4.35. The van der Waals surface area contributed by atoms with Crippen molar-refractivity contribution in [1.29, 1.82) is 0 Å². The molecule has 0 bridgehead atoms. The van der Waals surface area contributed by atoms with Crippen LogP contribution < -0.4 is 10.1 Å². The van der Waals surface area contributed by atoms with Crippen molar-refractivity contribution >= 4 is 11.7 Å². The van der Waals surface area contributed by atoms with Crippen molar-refractivity contribution in [3.63, 3.8) is 0 Å². The van der Waals surface area contributed by atoms with E-state index in [1.807, 2.05) is 6.08 Å². The molecule has 130 valence electrons. The number of rotatable bonds is 6. The molecule has 0 aromatic heterocycles. The van der Waals surface area contributed by atoms with Gasteiger partial charge < -0.3 is 15.2 Å². The number of nitrogens with one attached hydrogen (secondary N) is 1. The van der Waals surface area contributed by atoms with Crippen LogP contribution in [0.3, 0.4) is 0 Å². The van der Waals surface area contributed by atoms with E-state index in [9.17, 15) is 14.7 Å². The number of hydrogen-bond acceptors (Lipinski definition) is 4. The number of amides is 1. The van der Waals surface area contributed by atoms with Crippen LogP contribution in [0.1, 0.15) is 38.2 Å². The monoisotopic (exact) mass is 331 g/mol. The number of ketones is 1. The van der Waals surface area contributed by atoms with E-state index >= 15 is 0 Å². The van der Waals surface area contributed by atoms with E-state index in [1.165, 1.54) is 13.2 Å². The molecule has 1 aromatic rings. The van der Waals surface area contributed by atoms with Crippen molar-refractivity contribution in [3.05, 3.63) is 35.9 Å². The van der Waals surface area contributed by atoms with Gasteiger partial charge in [0.15, 0.2) is 17.3 Å². The van der Waals surface area contributed by atoms with Gasteiger partial charge in [-0.2, -0.15) is 0 Å². The number of allylic oxidation sites excluding steroid dienone is 2. The summed E-state index contributed by atoms with van der Waals surface area (Å²) < 4.78 is 5.06. The number of phenolic OH excluding ortho intramolecular Hbond substituents is 1. The smallest absolute Gasteiger partial charge is 0.224 e. The number of aromatic hydroxyl groups is 1. The molecule has 0 saturated heterocycles. The lowest BCUT2D eigenvalue weighted by Crippen LogP contribution is -2.38. The Bertz CT molecular complexity index is 616. The fourth-order valence-corrected chi connectivity index (χ4v) is 3.02. The molecule has 5 heteroatoms. The summed E-state index contributed by atoms with van der Waals surface area (Å²) in [7, 11) is 1.48. The summed E-state index contributed by atoms with van der Waals surface area (Å²) in [5.41, 5.74) is 0.806. The minimum atomic E-state index is -0.0227. The largest absolute Gasteiger partial charge is 0.504 e. The van der Waals surface area contributed by atoms with Gasteiger partial charge in [0.2, 0.25) is 5.91 Å². The first kappa shape index (κ1) is 18.0. The van der Waals surface area contributed by atoms with Crippen molar-refractivity contribution in [2.24, 2.45) is 5.92 Å². The van der Waals surface area contributed by atoms with E-state index in [1.54, 1.807) is 25.1 Å². The van der Waals surface area contributed by atoms with Gasteiger partial charge in [-0.1, -0.05) is 12.1 Å². The van der Waals surface area contributed by atoms with Crippen LogP contribution in [-0.2, 0) is 16.0 Å². The lowest BCUT2D eigenvalue weighted by atomic mass is 9.85. The third kappa shape index (κ3) is 5.41. The zero-order chi connectivity index (χ0) is 17.5. The molecule has 0 spiro atoms. The van der Waals surface area contributed by atoms with Crippen LogP contribution >= 0.6 is 0 Å². The minimum absolute atomic E-state index is 0.0227. The molecule has 1 fully saturated rings. The van der Waals surface area contributed by atoms with Gasteiger partial charge in [-0.3, -0.25) is 9.59 Å². The Labute approximate surface area is 142 Å². The second-order valence-corrected chi connectivity index (χ2v) is 6.33. The molecule has 1 aromatic carbocycles. The lowest BCUT2D eigenvalue weighted by molar-refractivity contribution is -0.121. The molecule has 1 saturated carbocycles. The highest BCUT2D eigenvalue weighted by atomic mass is 16.5. The molecule has 1 aliphatic rings. The van der Waals surface area contributed by atoms with Crippen LogP contribution in [0.5, 0.6) is 11.5 Å².